The lowest BCUT2D eigenvalue weighted by atomic mass is 10.0. The second kappa shape index (κ2) is 9.61. The maximum absolute atomic E-state index is 12.4. The van der Waals surface area contributed by atoms with Crippen LogP contribution in [-0.2, 0) is 0 Å². The first-order valence-electron chi connectivity index (χ1n) is 10.1. The van der Waals surface area contributed by atoms with E-state index < -0.39 is 12.5 Å². The molecule has 166 valence electrons. The maximum Gasteiger partial charge on any atom is 0.573 e. The minimum Gasteiger partial charge on any atom is -0.480 e. The van der Waals surface area contributed by atoms with Gasteiger partial charge < -0.3 is 9.47 Å². The molecular weight excluding hydrogens is 429 g/mol. The van der Waals surface area contributed by atoms with Crippen LogP contribution in [0.5, 0.6) is 11.5 Å². The number of aldehydes is 1. The molecule has 0 aliphatic rings. The van der Waals surface area contributed by atoms with Gasteiger partial charge in [-0.05, 0) is 46.5 Å². The molecule has 0 fully saturated rings. The van der Waals surface area contributed by atoms with Gasteiger partial charge in [0.1, 0.15) is 17.6 Å². The molecule has 0 aromatic heterocycles. The highest BCUT2D eigenvalue weighted by molar-refractivity contribution is 5.82. The first-order valence-corrected chi connectivity index (χ1v) is 10.1. The third-order valence-electron chi connectivity index (χ3n) is 5.01. The maximum atomic E-state index is 12.4. The van der Waals surface area contributed by atoms with Gasteiger partial charge >= 0.3 is 6.36 Å². The van der Waals surface area contributed by atoms with Crippen LogP contribution in [0.1, 0.15) is 27.6 Å². The Morgan fingerprint density at radius 3 is 1.76 bits per heavy atom. The van der Waals surface area contributed by atoms with Crippen molar-refractivity contribution in [3.8, 4) is 22.6 Å². The summed E-state index contributed by atoms with van der Waals surface area (Å²) in [6.07, 6.45) is -4.49. The molecule has 0 N–H and O–H groups in total. The van der Waals surface area contributed by atoms with Crippen molar-refractivity contribution in [3.63, 3.8) is 0 Å². The Hall–Kier alpha value is -4.06. The molecule has 0 amide bonds. The summed E-state index contributed by atoms with van der Waals surface area (Å²) in [4.78, 5) is 11.7. The smallest absolute Gasteiger partial charge is 0.480 e. The number of hydrogen-bond acceptors (Lipinski definition) is 3. The average Bonchev–Trinajstić information content (AvgIpc) is 2.83. The number of halogens is 3. The first-order chi connectivity index (χ1) is 15.9. The molecule has 0 saturated heterocycles. The SMILES string of the molecule is O=Cc1ccc(-c2ccc(OC(F)(F)F)cc2)cc1OC(c1ccccc1)c1ccccc1. The van der Waals surface area contributed by atoms with E-state index in [9.17, 15) is 18.0 Å². The highest BCUT2D eigenvalue weighted by Crippen LogP contribution is 2.34. The standard InChI is InChI=1S/C27H19F3O3/c28-27(29,30)33-24-15-13-19(14-16-24)22-11-12-23(18-31)25(17-22)32-26(20-7-3-1-4-8-20)21-9-5-2-6-10-21/h1-18,26H. The van der Waals surface area contributed by atoms with E-state index in [4.69, 9.17) is 4.74 Å². The van der Waals surface area contributed by atoms with Gasteiger partial charge in [-0.3, -0.25) is 4.79 Å². The first kappa shape index (κ1) is 22.1. The van der Waals surface area contributed by atoms with E-state index in [1.54, 1.807) is 18.2 Å². The van der Waals surface area contributed by atoms with Crippen LogP contribution >= 0.6 is 0 Å². The van der Waals surface area contributed by atoms with Crippen molar-refractivity contribution in [2.75, 3.05) is 0 Å². The molecule has 4 aromatic carbocycles. The summed E-state index contributed by atoms with van der Waals surface area (Å²) in [5.41, 5.74) is 3.55. The van der Waals surface area contributed by atoms with Gasteiger partial charge in [0.2, 0.25) is 0 Å². The zero-order valence-electron chi connectivity index (χ0n) is 17.3. The molecule has 4 aromatic rings. The Morgan fingerprint density at radius 1 is 0.697 bits per heavy atom. The minimum absolute atomic E-state index is 0.305. The number of carbonyl (C=O) groups is 1. The molecule has 0 heterocycles. The highest BCUT2D eigenvalue weighted by Gasteiger charge is 2.31. The summed E-state index contributed by atoms with van der Waals surface area (Å²) in [7, 11) is 0. The third-order valence-corrected chi connectivity index (χ3v) is 5.01. The number of carbonyl (C=O) groups excluding carboxylic acids is 1. The number of alkyl halides is 3. The van der Waals surface area contributed by atoms with E-state index in [0.717, 1.165) is 11.1 Å². The minimum atomic E-state index is -4.75. The summed E-state index contributed by atoms with van der Waals surface area (Å²) in [6.45, 7) is 0. The second-order valence-corrected chi connectivity index (χ2v) is 7.26. The molecule has 4 rings (SSSR count). The van der Waals surface area contributed by atoms with Crippen molar-refractivity contribution < 1.29 is 27.4 Å². The molecule has 0 unspecified atom stereocenters. The van der Waals surface area contributed by atoms with Crippen molar-refractivity contribution in [1.29, 1.82) is 0 Å². The molecule has 0 atom stereocenters. The van der Waals surface area contributed by atoms with E-state index in [2.05, 4.69) is 4.74 Å². The molecule has 6 heteroatoms. The summed E-state index contributed by atoms with van der Waals surface area (Å²) >= 11 is 0. The number of hydrogen-bond donors (Lipinski definition) is 0. The van der Waals surface area contributed by atoms with Gasteiger partial charge in [-0.25, -0.2) is 0 Å². The molecule has 33 heavy (non-hydrogen) atoms. The molecule has 3 nitrogen and oxygen atoms in total. The van der Waals surface area contributed by atoms with Crippen molar-refractivity contribution in [2.45, 2.75) is 12.5 Å². The van der Waals surface area contributed by atoms with Gasteiger partial charge in [-0.2, -0.15) is 0 Å². The van der Waals surface area contributed by atoms with Gasteiger partial charge in [-0.15, -0.1) is 13.2 Å². The van der Waals surface area contributed by atoms with Crippen LogP contribution in [0.15, 0.2) is 103 Å². The molecular formula is C27H19F3O3. The summed E-state index contributed by atoms with van der Waals surface area (Å²) in [6, 6.07) is 29.8. The van der Waals surface area contributed by atoms with E-state index in [-0.39, 0.29) is 5.75 Å². The molecule has 0 bridgehead atoms. The summed E-state index contributed by atoms with van der Waals surface area (Å²) in [5, 5.41) is 0. The summed E-state index contributed by atoms with van der Waals surface area (Å²) in [5.74, 6) is 0.0660. The second-order valence-electron chi connectivity index (χ2n) is 7.26. The largest absolute Gasteiger partial charge is 0.573 e. The number of rotatable bonds is 7. The van der Waals surface area contributed by atoms with Crippen molar-refractivity contribution >= 4 is 6.29 Å². The van der Waals surface area contributed by atoms with Crippen LogP contribution in [0.3, 0.4) is 0 Å². The lowest BCUT2D eigenvalue weighted by Crippen LogP contribution is -2.16. The zero-order chi connectivity index (χ0) is 23.3. The van der Waals surface area contributed by atoms with Crippen LogP contribution in [0, 0.1) is 0 Å². The van der Waals surface area contributed by atoms with Gasteiger partial charge in [0.05, 0.1) is 5.56 Å². The molecule has 0 radical (unpaired) electrons. The van der Waals surface area contributed by atoms with E-state index in [1.165, 1.54) is 24.3 Å². The van der Waals surface area contributed by atoms with Crippen LogP contribution in [-0.4, -0.2) is 12.6 Å². The highest BCUT2D eigenvalue weighted by atomic mass is 19.4. The number of benzene rings is 4. The predicted octanol–water partition coefficient (Wildman–Crippen LogP) is 7.23. The van der Waals surface area contributed by atoms with E-state index in [1.807, 2.05) is 60.7 Å². The van der Waals surface area contributed by atoms with Crippen LogP contribution in [0.4, 0.5) is 13.2 Å². The van der Waals surface area contributed by atoms with Crippen molar-refractivity contribution in [1.82, 2.24) is 0 Å². The fraction of sp³-hybridized carbons (Fsp3) is 0.0741. The topological polar surface area (TPSA) is 35.5 Å². The van der Waals surface area contributed by atoms with E-state index in [0.29, 0.717) is 28.7 Å². The van der Waals surface area contributed by atoms with Crippen LogP contribution < -0.4 is 9.47 Å². The molecule has 0 aliphatic carbocycles. The Morgan fingerprint density at radius 2 is 1.24 bits per heavy atom. The molecule has 0 saturated carbocycles. The fourth-order valence-corrected chi connectivity index (χ4v) is 3.47. The van der Waals surface area contributed by atoms with Gasteiger partial charge in [-0.1, -0.05) is 78.9 Å². The monoisotopic (exact) mass is 448 g/mol. The lowest BCUT2D eigenvalue weighted by Gasteiger charge is -2.21. The Balaban J connectivity index is 1.68. The average molecular weight is 448 g/mol. The Kier molecular flexibility index (Phi) is 6.45. The third kappa shape index (κ3) is 5.60. The van der Waals surface area contributed by atoms with Gasteiger partial charge in [0.15, 0.2) is 6.29 Å². The van der Waals surface area contributed by atoms with Crippen molar-refractivity contribution in [2.24, 2.45) is 0 Å². The van der Waals surface area contributed by atoms with Crippen LogP contribution in [0.25, 0.3) is 11.1 Å². The normalized spacial score (nSPS) is 11.3. The Bertz CT molecular complexity index is 1170. The summed E-state index contributed by atoms with van der Waals surface area (Å²) < 4.78 is 47.6. The number of ether oxygens (including phenoxy) is 2. The predicted molar refractivity (Wildman–Crippen MR) is 119 cm³/mol. The lowest BCUT2D eigenvalue weighted by molar-refractivity contribution is -0.274. The Labute approximate surface area is 189 Å². The van der Waals surface area contributed by atoms with Crippen molar-refractivity contribution in [3.05, 3.63) is 120 Å². The molecule has 0 spiro atoms. The molecule has 0 aliphatic heterocycles. The van der Waals surface area contributed by atoms with Crippen LogP contribution in [0.2, 0.25) is 0 Å². The zero-order valence-corrected chi connectivity index (χ0v) is 17.3. The fourth-order valence-electron chi connectivity index (χ4n) is 3.47. The van der Waals surface area contributed by atoms with Gasteiger partial charge in [0, 0.05) is 0 Å². The quantitative estimate of drug-likeness (QED) is 0.280. The van der Waals surface area contributed by atoms with E-state index >= 15 is 0 Å². The van der Waals surface area contributed by atoms with Gasteiger partial charge in [0.25, 0.3) is 0 Å².